The first-order valence-corrected chi connectivity index (χ1v) is 9.88. The van der Waals surface area contributed by atoms with Crippen molar-refractivity contribution < 1.29 is 14.6 Å². The third-order valence-electron chi connectivity index (χ3n) is 6.13. The molecule has 2 unspecified atom stereocenters. The summed E-state index contributed by atoms with van der Waals surface area (Å²) in [7, 11) is 0. The molecule has 0 spiro atoms. The molecule has 150 valence electrons. The van der Waals surface area contributed by atoms with Gasteiger partial charge in [-0.15, -0.1) is 0 Å². The Balaban J connectivity index is 1.75. The number of aliphatic hydroxyl groups is 1. The van der Waals surface area contributed by atoms with Gasteiger partial charge >= 0.3 is 0 Å². The van der Waals surface area contributed by atoms with Gasteiger partial charge in [0, 0.05) is 11.5 Å². The predicted octanol–water partition coefficient (Wildman–Crippen LogP) is 1.48. The molecule has 8 heteroatoms. The van der Waals surface area contributed by atoms with Crippen LogP contribution in [-0.4, -0.2) is 38.4 Å². The van der Waals surface area contributed by atoms with Gasteiger partial charge in [-0.3, -0.25) is 4.79 Å². The van der Waals surface area contributed by atoms with Gasteiger partial charge in [-0.2, -0.15) is 9.83 Å². The van der Waals surface area contributed by atoms with Crippen LogP contribution in [0.2, 0.25) is 0 Å². The predicted molar refractivity (Wildman–Crippen MR) is 102 cm³/mol. The molecule has 2 aliphatic rings. The number of hydrogen-bond acceptors (Lipinski definition) is 5. The van der Waals surface area contributed by atoms with Crippen LogP contribution >= 0.6 is 0 Å². The minimum Gasteiger partial charge on any atom is -0.619 e. The molecule has 2 aromatic rings. The zero-order valence-electron chi connectivity index (χ0n) is 16.6. The molecule has 0 aromatic carbocycles. The third-order valence-corrected chi connectivity index (χ3v) is 6.13. The van der Waals surface area contributed by atoms with Crippen LogP contribution in [0.4, 0.5) is 0 Å². The summed E-state index contributed by atoms with van der Waals surface area (Å²) in [6, 6.07) is -0.375. The van der Waals surface area contributed by atoms with Crippen LogP contribution in [0, 0.1) is 16.5 Å². The van der Waals surface area contributed by atoms with Crippen molar-refractivity contribution in [2.24, 2.45) is 11.3 Å². The number of nitrogens with zero attached hydrogens (tertiary/aromatic N) is 4. The monoisotopic (exact) mass is 385 g/mol. The maximum atomic E-state index is 13.1. The number of hydrogen-bond donors (Lipinski definition) is 2. The summed E-state index contributed by atoms with van der Waals surface area (Å²) >= 11 is 0. The molecule has 0 bridgehead atoms. The lowest BCUT2D eigenvalue weighted by Gasteiger charge is -2.29. The van der Waals surface area contributed by atoms with Crippen molar-refractivity contribution in [3.8, 4) is 5.82 Å². The first kappa shape index (κ1) is 18.9. The highest BCUT2D eigenvalue weighted by Crippen LogP contribution is 2.49. The number of carbonyl (C=O) groups is 1. The average Bonchev–Trinajstić information content (AvgIpc) is 3.29. The third kappa shape index (κ3) is 3.15. The highest BCUT2D eigenvalue weighted by molar-refractivity contribution is 5.94. The van der Waals surface area contributed by atoms with E-state index in [2.05, 4.69) is 15.4 Å². The Kier molecular flexibility index (Phi) is 4.61. The number of fused-ring (bicyclic) bond motifs is 3. The maximum Gasteiger partial charge on any atom is 0.272 e. The molecule has 0 aliphatic heterocycles. The fourth-order valence-electron chi connectivity index (χ4n) is 4.54. The fourth-order valence-corrected chi connectivity index (χ4v) is 4.54. The quantitative estimate of drug-likeness (QED) is 0.612. The van der Waals surface area contributed by atoms with Crippen molar-refractivity contribution >= 4 is 5.91 Å². The second kappa shape index (κ2) is 6.84. The maximum absolute atomic E-state index is 13.1. The molecule has 0 radical (unpaired) electrons. The normalized spacial score (nSPS) is 22.0. The number of amides is 1. The van der Waals surface area contributed by atoms with Gasteiger partial charge in [0.05, 0.1) is 24.5 Å². The van der Waals surface area contributed by atoms with Gasteiger partial charge in [0.15, 0.2) is 11.9 Å². The molecular formula is C20H27N5O3. The van der Waals surface area contributed by atoms with Crippen LogP contribution in [0.15, 0.2) is 18.6 Å². The highest BCUT2D eigenvalue weighted by Gasteiger charge is 2.43. The van der Waals surface area contributed by atoms with Gasteiger partial charge < -0.3 is 15.6 Å². The zero-order chi connectivity index (χ0) is 20.1. The Morgan fingerprint density at radius 2 is 2.25 bits per heavy atom. The van der Waals surface area contributed by atoms with Crippen LogP contribution in [-0.2, 0) is 6.42 Å². The second-order valence-corrected chi connectivity index (χ2v) is 8.97. The summed E-state index contributed by atoms with van der Waals surface area (Å²) < 4.78 is 2.37. The van der Waals surface area contributed by atoms with Crippen LogP contribution in [0.25, 0.3) is 5.82 Å². The summed E-state index contributed by atoms with van der Waals surface area (Å²) in [6.07, 6.45) is 8.35. The van der Waals surface area contributed by atoms with Crippen molar-refractivity contribution in [1.29, 1.82) is 0 Å². The second-order valence-electron chi connectivity index (χ2n) is 8.97. The largest absolute Gasteiger partial charge is 0.619 e. The Labute approximate surface area is 164 Å². The van der Waals surface area contributed by atoms with E-state index < -0.39 is 0 Å². The Morgan fingerprint density at radius 1 is 1.46 bits per heavy atom. The molecule has 3 atom stereocenters. The summed E-state index contributed by atoms with van der Waals surface area (Å²) in [4.78, 5) is 17.4. The molecule has 2 heterocycles. The topological polar surface area (TPSA) is 107 Å². The molecule has 8 nitrogen and oxygen atoms in total. The van der Waals surface area contributed by atoms with Crippen molar-refractivity contribution in [3.63, 3.8) is 0 Å². The van der Waals surface area contributed by atoms with E-state index in [1.54, 1.807) is 4.68 Å². The van der Waals surface area contributed by atoms with Gasteiger partial charge in [0.25, 0.3) is 5.91 Å². The molecule has 0 saturated heterocycles. The van der Waals surface area contributed by atoms with E-state index in [-0.39, 0.29) is 24.0 Å². The van der Waals surface area contributed by atoms with Gasteiger partial charge in [0.1, 0.15) is 0 Å². The smallest absolute Gasteiger partial charge is 0.272 e. The Bertz CT molecular complexity index is 902. The van der Waals surface area contributed by atoms with Crippen LogP contribution in [0.3, 0.4) is 0 Å². The lowest BCUT2D eigenvalue weighted by Crippen LogP contribution is -2.46. The standard InChI is InChI=1S/C20H27N5O3/c1-20(2,3)15(11-26)22-19(27)17-14-9-12-5-4-6-13(12)18(14)25(23-17)16-10-24(28)8-7-21-16/h7-8,10,12-13,15,26H,4-6,9,11H2,1-3H3,(H,22,27)/t12?,13?,15-/m1/s1. The number of carbonyl (C=O) groups excluding carboxylic acids is 1. The summed E-state index contributed by atoms with van der Waals surface area (Å²) in [5, 5.41) is 29.0. The average molecular weight is 385 g/mol. The van der Waals surface area contributed by atoms with Crippen molar-refractivity contribution in [2.75, 3.05) is 6.61 Å². The van der Waals surface area contributed by atoms with Crippen molar-refractivity contribution in [1.82, 2.24) is 20.1 Å². The number of aliphatic hydroxyl groups excluding tert-OH is 1. The number of nitrogens with one attached hydrogen (secondary N) is 1. The summed E-state index contributed by atoms with van der Waals surface area (Å²) in [5.41, 5.74) is 2.08. The summed E-state index contributed by atoms with van der Waals surface area (Å²) in [5.74, 6) is 1.01. The molecule has 1 saturated carbocycles. The van der Waals surface area contributed by atoms with Gasteiger partial charge in [-0.25, -0.2) is 9.67 Å². The van der Waals surface area contributed by atoms with E-state index in [4.69, 9.17) is 0 Å². The van der Waals surface area contributed by atoms with Crippen LogP contribution in [0.5, 0.6) is 0 Å². The molecule has 1 fully saturated rings. The minimum absolute atomic E-state index is 0.139. The van der Waals surface area contributed by atoms with E-state index in [0.717, 1.165) is 30.5 Å². The zero-order valence-corrected chi connectivity index (χ0v) is 16.6. The van der Waals surface area contributed by atoms with Gasteiger partial charge in [0.2, 0.25) is 12.0 Å². The van der Waals surface area contributed by atoms with Crippen molar-refractivity contribution in [3.05, 3.63) is 40.7 Å². The molecule has 2 N–H and O–H groups in total. The van der Waals surface area contributed by atoms with Crippen molar-refractivity contribution in [2.45, 2.75) is 58.4 Å². The lowest BCUT2D eigenvalue weighted by molar-refractivity contribution is -0.605. The lowest BCUT2D eigenvalue weighted by atomic mass is 9.87. The van der Waals surface area contributed by atoms with E-state index in [0.29, 0.717) is 28.1 Å². The van der Waals surface area contributed by atoms with Gasteiger partial charge in [-0.1, -0.05) is 27.2 Å². The molecular weight excluding hydrogens is 358 g/mol. The number of aromatic nitrogens is 4. The SMILES string of the molecule is CC(C)(C)[C@@H](CO)NC(=O)c1nn(-c2c[n+]([O-])ccn2)c2c1CC1CCCC21. The number of rotatable bonds is 4. The fraction of sp³-hybridized carbons (Fsp3) is 0.600. The van der Waals surface area contributed by atoms with E-state index in [9.17, 15) is 15.1 Å². The van der Waals surface area contributed by atoms with E-state index in [1.807, 2.05) is 20.8 Å². The van der Waals surface area contributed by atoms with Crippen LogP contribution < -0.4 is 10.0 Å². The Morgan fingerprint density at radius 3 is 2.93 bits per heavy atom. The minimum atomic E-state index is -0.375. The molecule has 2 aliphatic carbocycles. The van der Waals surface area contributed by atoms with E-state index >= 15 is 0 Å². The molecule has 4 rings (SSSR count). The molecule has 28 heavy (non-hydrogen) atoms. The summed E-state index contributed by atoms with van der Waals surface area (Å²) in [6.45, 7) is 5.78. The Hall–Kier alpha value is -2.48. The van der Waals surface area contributed by atoms with E-state index in [1.165, 1.54) is 25.0 Å². The first-order chi connectivity index (χ1) is 13.3. The van der Waals surface area contributed by atoms with Gasteiger partial charge in [-0.05, 0) is 30.6 Å². The molecule has 2 aromatic heterocycles. The highest BCUT2D eigenvalue weighted by atomic mass is 16.5. The first-order valence-electron chi connectivity index (χ1n) is 9.88. The van der Waals surface area contributed by atoms with Crippen LogP contribution in [0.1, 0.15) is 67.7 Å². The molecule has 1 amide bonds.